The molecule has 0 heterocycles. The molecule has 2 aromatic carbocycles. The average Bonchev–Trinajstić information content (AvgIpc) is 2.31. The quantitative estimate of drug-likeness (QED) is 0.859. The van der Waals surface area contributed by atoms with Gasteiger partial charge >= 0.3 is 8.60 Å². The van der Waals surface area contributed by atoms with Crippen LogP contribution in [0.1, 0.15) is 0 Å². The van der Waals surface area contributed by atoms with E-state index in [2.05, 4.69) is 0 Å². The molecule has 0 bridgehead atoms. The van der Waals surface area contributed by atoms with Crippen molar-refractivity contribution in [2.45, 2.75) is 0 Å². The van der Waals surface area contributed by atoms with Crippen LogP contribution in [0.5, 0.6) is 11.5 Å². The summed E-state index contributed by atoms with van der Waals surface area (Å²) >= 11 is 0. The summed E-state index contributed by atoms with van der Waals surface area (Å²) in [5.74, 6) is 1.18. The number of rotatable bonds is 4. The van der Waals surface area contributed by atoms with Crippen LogP contribution < -0.4 is 9.05 Å². The van der Waals surface area contributed by atoms with Gasteiger partial charge in [-0.05, 0) is 24.3 Å². The van der Waals surface area contributed by atoms with E-state index < -0.39 is 8.60 Å². The topological polar surface area (TPSA) is 38.7 Å². The Balaban J connectivity index is 0.00000144. The molecular formula is C12H12ClO3P. The largest absolute Gasteiger partial charge is 0.460 e. The summed E-state index contributed by atoms with van der Waals surface area (Å²) in [7, 11) is -1.93. The molecule has 2 aromatic rings. The molecule has 0 unspecified atom stereocenters. The van der Waals surface area contributed by atoms with Gasteiger partial charge in [-0.2, -0.15) is 0 Å². The van der Waals surface area contributed by atoms with Crippen molar-refractivity contribution in [2.75, 3.05) is 0 Å². The molecule has 0 aliphatic carbocycles. The molecule has 0 radical (unpaired) electrons. The molecule has 0 aliphatic heterocycles. The van der Waals surface area contributed by atoms with E-state index >= 15 is 0 Å². The van der Waals surface area contributed by atoms with Crippen LogP contribution in [0.2, 0.25) is 0 Å². The van der Waals surface area contributed by atoms with Gasteiger partial charge < -0.3 is 13.9 Å². The molecule has 0 aliphatic rings. The minimum atomic E-state index is -1.93. The third-order valence-electron chi connectivity index (χ3n) is 1.85. The summed E-state index contributed by atoms with van der Waals surface area (Å²) in [4.78, 5) is 9.58. The lowest BCUT2D eigenvalue weighted by Gasteiger charge is -2.11. The molecule has 17 heavy (non-hydrogen) atoms. The number of hydrogen-bond acceptors (Lipinski definition) is 3. The minimum absolute atomic E-state index is 0. The lowest BCUT2D eigenvalue weighted by molar-refractivity contribution is 0.382. The highest BCUT2D eigenvalue weighted by molar-refractivity contribution is 7.41. The molecule has 0 saturated heterocycles. The van der Waals surface area contributed by atoms with Gasteiger partial charge in [0.15, 0.2) is 0 Å². The van der Waals surface area contributed by atoms with Crippen molar-refractivity contribution in [3.8, 4) is 11.5 Å². The van der Waals surface area contributed by atoms with Crippen LogP contribution in [0.15, 0.2) is 60.7 Å². The Morgan fingerprint density at radius 2 is 1.06 bits per heavy atom. The van der Waals surface area contributed by atoms with Crippen LogP contribution in [-0.4, -0.2) is 4.89 Å². The lowest BCUT2D eigenvalue weighted by Crippen LogP contribution is -1.93. The van der Waals surface area contributed by atoms with Gasteiger partial charge in [-0.15, -0.1) is 12.4 Å². The normalized spacial score (nSPS) is 9.53. The minimum Gasteiger partial charge on any atom is -0.418 e. The molecule has 0 atom stereocenters. The summed E-state index contributed by atoms with van der Waals surface area (Å²) in [6.07, 6.45) is 0. The van der Waals surface area contributed by atoms with Crippen molar-refractivity contribution in [3.63, 3.8) is 0 Å². The van der Waals surface area contributed by atoms with Gasteiger partial charge in [-0.3, -0.25) is 0 Å². The molecule has 0 aromatic heterocycles. The maximum Gasteiger partial charge on any atom is 0.460 e. The van der Waals surface area contributed by atoms with Gasteiger partial charge in [0.25, 0.3) is 0 Å². The molecule has 1 N–H and O–H groups in total. The summed E-state index contributed by atoms with van der Waals surface area (Å²) < 4.78 is 10.4. The Labute approximate surface area is 107 Å². The number of hydrogen-bond donors (Lipinski definition) is 1. The van der Waals surface area contributed by atoms with Crippen molar-refractivity contribution in [1.29, 1.82) is 0 Å². The van der Waals surface area contributed by atoms with Gasteiger partial charge in [0.2, 0.25) is 0 Å². The third-order valence-corrected chi connectivity index (χ3v) is 2.59. The summed E-state index contributed by atoms with van der Waals surface area (Å²) in [6.45, 7) is 0. The number of para-hydroxylation sites is 2. The first-order valence-corrected chi connectivity index (χ1v) is 5.93. The second kappa shape index (κ2) is 7.13. The van der Waals surface area contributed by atoms with Gasteiger partial charge in [-0.1, -0.05) is 36.4 Å². The van der Waals surface area contributed by atoms with Crippen molar-refractivity contribution < 1.29 is 13.9 Å². The zero-order valence-corrected chi connectivity index (χ0v) is 10.6. The summed E-state index contributed by atoms with van der Waals surface area (Å²) in [6, 6.07) is 18.2. The first-order valence-electron chi connectivity index (χ1n) is 4.79. The van der Waals surface area contributed by atoms with Crippen molar-refractivity contribution >= 4 is 21.0 Å². The van der Waals surface area contributed by atoms with Gasteiger partial charge in [0.1, 0.15) is 11.5 Å². The van der Waals surface area contributed by atoms with E-state index in [4.69, 9.17) is 9.05 Å². The third kappa shape index (κ3) is 4.61. The average molecular weight is 271 g/mol. The Bertz CT molecular complexity index is 383. The van der Waals surface area contributed by atoms with E-state index in [1.165, 1.54) is 0 Å². The van der Waals surface area contributed by atoms with Crippen LogP contribution >= 0.6 is 21.0 Å². The zero-order chi connectivity index (χ0) is 11.2. The smallest absolute Gasteiger partial charge is 0.418 e. The highest BCUT2D eigenvalue weighted by atomic mass is 35.5. The molecule has 2 rings (SSSR count). The number of halogens is 1. The van der Waals surface area contributed by atoms with E-state index in [0.717, 1.165) is 0 Å². The zero-order valence-electron chi connectivity index (χ0n) is 8.89. The van der Waals surface area contributed by atoms with Crippen LogP contribution in [0.4, 0.5) is 0 Å². The first kappa shape index (κ1) is 13.8. The maximum absolute atomic E-state index is 9.58. The highest BCUT2D eigenvalue weighted by Crippen LogP contribution is 2.35. The number of benzene rings is 2. The Kier molecular flexibility index (Phi) is 5.78. The molecule has 5 heteroatoms. The predicted molar refractivity (Wildman–Crippen MR) is 70.5 cm³/mol. The highest BCUT2D eigenvalue weighted by Gasteiger charge is 2.10. The van der Waals surface area contributed by atoms with Crippen molar-refractivity contribution in [3.05, 3.63) is 60.7 Å². The lowest BCUT2D eigenvalue weighted by atomic mass is 10.3. The molecular weight excluding hydrogens is 259 g/mol. The standard InChI is InChI=1S/C12H11O3P.ClH/c13-16(14-11-7-3-1-4-8-11)15-12-9-5-2-6-10-12;/h1-10,13H;1H. The van der Waals surface area contributed by atoms with Crippen LogP contribution in [-0.2, 0) is 0 Å². The van der Waals surface area contributed by atoms with E-state index in [-0.39, 0.29) is 12.4 Å². The summed E-state index contributed by atoms with van der Waals surface area (Å²) in [5.41, 5.74) is 0. The fraction of sp³-hybridized carbons (Fsp3) is 0. The fourth-order valence-electron chi connectivity index (χ4n) is 1.16. The van der Waals surface area contributed by atoms with Crippen LogP contribution in [0.3, 0.4) is 0 Å². The monoisotopic (exact) mass is 270 g/mol. The Hall–Kier alpha value is -1.28. The Morgan fingerprint density at radius 3 is 1.41 bits per heavy atom. The molecule has 3 nitrogen and oxygen atoms in total. The van der Waals surface area contributed by atoms with Crippen LogP contribution in [0.25, 0.3) is 0 Å². The van der Waals surface area contributed by atoms with Crippen molar-refractivity contribution in [2.24, 2.45) is 0 Å². The van der Waals surface area contributed by atoms with E-state index in [1.54, 1.807) is 24.3 Å². The molecule has 0 saturated carbocycles. The van der Waals surface area contributed by atoms with Gasteiger partial charge in [-0.25, -0.2) is 0 Å². The van der Waals surface area contributed by atoms with E-state index in [1.807, 2.05) is 36.4 Å². The molecule has 0 amide bonds. The SMILES string of the molecule is Cl.OP(Oc1ccccc1)Oc1ccccc1. The second-order valence-corrected chi connectivity index (χ2v) is 3.89. The van der Waals surface area contributed by atoms with E-state index in [0.29, 0.717) is 11.5 Å². The predicted octanol–water partition coefficient (Wildman–Crippen LogP) is 3.79. The fourth-order valence-corrected chi connectivity index (χ4v) is 1.80. The second-order valence-electron chi connectivity index (χ2n) is 3.05. The molecule has 90 valence electrons. The Morgan fingerprint density at radius 1 is 0.706 bits per heavy atom. The van der Waals surface area contributed by atoms with E-state index in [9.17, 15) is 4.89 Å². The van der Waals surface area contributed by atoms with Gasteiger partial charge in [0, 0.05) is 0 Å². The van der Waals surface area contributed by atoms with Crippen molar-refractivity contribution in [1.82, 2.24) is 0 Å². The van der Waals surface area contributed by atoms with Crippen LogP contribution in [0, 0.1) is 0 Å². The van der Waals surface area contributed by atoms with Gasteiger partial charge in [0.05, 0.1) is 0 Å². The maximum atomic E-state index is 9.58. The molecule has 0 fully saturated rings. The summed E-state index contributed by atoms with van der Waals surface area (Å²) in [5, 5.41) is 0. The molecule has 0 spiro atoms. The first-order chi connectivity index (χ1) is 7.84.